The van der Waals surface area contributed by atoms with Crippen LogP contribution in [-0.4, -0.2) is 17.9 Å². The van der Waals surface area contributed by atoms with Crippen molar-refractivity contribution >= 4 is 29.1 Å². The minimum atomic E-state index is -0.428. The number of rotatable bonds is 2. The lowest BCUT2D eigenvalue weighted by Gasteiger charge is -2.23. The second-order valence-electron chi connectivity index (χ2n) is 4.19. The van der Waals surface area contributed by atoms with Gasteiger partial charge in [-0.25, -0.2) is 0 Å². The highest BCUT2D eigenvalue weighted by Gasteiger charge is 2.40. The zero-order valence-electron chi connectivity index (χ0n) is 9.39. The molecule has 2 amide bonds. The molecule has 4 nitrogen and oxygen atoms in total. The van der Waals surface area contributed by atoms with E-state index in [-0.39, 0.29) is 18.4 Å². The van der Waals surface area contributed by atoms with Crippen LogP contribution in [0.3, 0.4) is 0 Å². The zero-order valence-corrected chi connectivity index (χ0v) is 10.1. The SMILES string of the molecule is CC1C(C(N)=O)CC(=O)N1c1ccc(Cl)cc1. The van der Waals surface area contributed by atoms with E-state index >= 15 is 0 Å². The number of halogens is 1. The number of benzene rings is 1. The first-order chi connectivity index (χ1) is 8.00. The third-order valence-electron chi connectivity index (χ3n) is 3.12. The van der Waals surface area contributed by atoms with Gasteiger partial charge in [0.05, 0.1) is 5.92 Å². The van der Waals surface area contributed by atoms with Crippen LogP contribution < -0.4 is 10.6 Å². The molecule has 0 aliphatic carbocycles. The van der Waals surface area contributed by atoms with Crippen molar-refractivity contribution in [3.8, 4) is 0 Å². The molecule has 2 N–H and O–H groups in total. The monoisotopic (exact) mass is 252 g/mol. The highest BCUT2D eigenvalue weighted by atomic mass is 35.5. The Kier molecular flexibility index (Phi) is 3.07. The molecule has 1 heterocycles. The first kappa shape index (κ1) is 11.9. The molecule has 1 aromatic rings. The van der Waals surface area contributed by atoms with Gasteiger partial charge < -0.3 is 10.6 Å². The van der Waals surface area contributed by atoms with E-state index in [1.165, 1.54) is 0 Å². The molecule has 2 atom stereocenters. The molecule has 1 fully saturated rings. The molecule has 0 saturated carbocycles. The molecule has 1 aromatic carbocycles. The van der Waals surface area contributed by atoms with Gasteiger partial charge in [0.2, 0.25) is 11.8 Å². The summed E-state index contributed by atoms with van der Waals surface area (Å²) in [5.74, 6) is -0.927. The van der Waals surface area contributed by atoms with Gasteiger partial charge in [0.1, 0.15) is 0 Å². The summed E-state index contributed by atoms with van der Waals surface area (Å²) in [4.78, 5) is 24.7. The molecule has 2 rings (SSSR count). The van der Waals surface area contributed by atoms with Crippen molar-refractivity contribution in [2.24, 2.45) is 11.7 Å². The maximum atomic E-state index is 11.9. The van der Waals surface area contributed by atoms with E-state index in [1.54, 1.807) is 29.2 Å². The number of nitrogens with two attached hydrogens (primary N) is 1. The Morgan fingerprint density at radius 3 is 2.47 bits per heavy atom. The molecular formula is C12H13ClN2O2. The van der Waals surface area contributed by atoms with Gasteiger partial charge in [-0.3, -0.25) is 9.59 Å². The third kappa shape index (κ3) is 2.13. The molecule has 0 radical (unpaired) electrons. The maximum Gasteiger partial charge on any atom is 0.228 e. The van der Waals surface area contributed by atoms with Crippen LogP contribution in [0.4, 0.5) is 5.69 Å². The van der Waals surface area contributed by atoms with Gasteiger partial charge in [-0.15, -0.1) is 0 Å². The van der Waals surface area contributed by atoms with Crippen molar-refractivity contribution < 1.29 is 9.59 Å². The van der Waals surface area contributed by atoms with Crippen molar-refractivity contribution in [2.45, 2.75) is 19.4 Å². The topological polar surface area (TPSA) is 63.4 Å². The normalized spacial score (nSPS) is 24.1. The number of nitrogens with zero attached hydrogens (tertiary/aromatic N) is 1. The third-order valence-corrected chi connectivity index (χ3v) is 3.38. The molecule has 1 saturated heterocycles. The van der Waals surface area contributed by atoms with E-state index in [0.29, 0.717) is 5.02 Å². The standard InChI is InChI=1S/C12H13ClN2O2/c1-7-10(12(14)17)6-11(16)15(7)9-4-2-8(13)3-5-9/h2-5,7,10H,6H2,1H3,(H2,14,17). The number of carbonyl (C=O) groups excluding carboxylic acids is 2. The Morgan fingerprint density at radius 2 is 2.00 bits per heavy atom. The summed E-state index contributed by atoms with van der Waals surface area (Å²) < 4.78 is 0. The average molecular weight is 253 g/mol. The van der Waals surface area contributed by atoms with Crippen LogP contribution in [0.2, 0.25) is 5.02 Å². The number of carbonyl (C=O) groups is 2. The minimum absolute atomic E-state index is 0.0800. The molecular weight excluding hydrogens is 240 g/mol. The first-order valence-corrected chi connectivity index (χ1v) is 5.75. The molecule has 1 aliphatic rings. The number of hydrogen-bond donors (Lipinski definition) is 1. The lowest BCUT2D eigenvalue weighted by atomic mass is 10.0. The van der Waals surface area contributed by atoms with E-state index in [2.05, 4.69) is 0 Å². The summed E-state index contributed by atoms with van der Waals surface area (Å²) >= 11 is 5.79. The van der Waals surface area contributed by atoms with Crippen LogP contribution in [0.1, 0.15) is 13.3 Å². The summed E-state index contributed by atoms with van der Waals surface area (Å²) in [7, 11) is 0. The summed E-state index contributed by atoms with van der Waals surface area (Å²) in [6.45, 7) is 1.83. The highest BCUT2D eigenvalue weighted by molar-refractivity contribution is 6.30. The summed E-state index contributed by atoms with van der Waals surface area (Å²) in [5.41, 5.74) is 6.02. The van der Waals surface area contributed by atoms with Gasteiger partial charge in [0, 0.05) is 23.2 Å². The largest absolute Gasteiger partial charge is 0.369 e. The molecule has 1 aliphatic heterocycles. The van der Waals surface area contributed by atoms with Gasteiger partial charge in [-0.05, 0) is 31.2 Å². The van der Waals surface area contributed by atoms with Crippen molar-refractivity contribution in [3.05, 3.63) is 29.3 Å². The van der Waals surface area contributed by atoms with Gasteiger partial charge in [0.25, 0.3) is 0 Å². The van der Waals surface area contributed by atoms with Gasteiger partial charge in [0.15, 0.2) is 0 Å². The van der Waals surface area contributed by atoms with E-state index in [1.807, 2.05) is 6.92 Å². The molecule has 17 heavy (non-hydrogen) atoms. The van der Waals surface area contributed by atoms with E-state index in [0.717, 1.165) is 5.69 Å². The Morgan fingerprint density at radius 1 is 1.41 bits per heavy atom. The van der Waals surface area contributed by atoms with Gasteiger partial charge in [-0.2, -0.15) is 0 Å². The number of anilines is 1. The Labute approximate surface area is 104 Å². The molecule has 5 heteroatoms. The fourth-order valence-electron chi connectivity index (χ4n) is 2.18. The summed E-state index contributed by atoms with van der Waals surface area (Å²) in [6, 6.07) is 6.75. The first-order valence-electron chi connectivity index (χ1n) is 5.37. The van der Waals surface area contributed by atoms with Crippen LogP contribution in [-0.2, 0) is 9.59 Å². The highest BCUT2D eigenvalue weighted by Crippen LogP contribution is 2.31. The van der Waals surface area contributed by atoms with Gasteiger partial charge in [-0.1, -0.05) is 11.6 Å². The van der Waals surface area contributed by atoms with Crippen LogP contribution in [0, 0.1) is 5.92 Å². The molecule has 90 valence electrons. The quantitative estimate of drug-likeness (QED) is 0.868. The van der Waals surface area contributed by atoms with Crippen molar-refractivity contribution in [2.75, 3.05) is 4.90 Å². The van der Waals surface area contributed by atoms with E-state index in [4.69, 9.17) is 17.3 Å². The van der Waals surface area contributed by atoms with E-state index in [9.17, 15) is 9.59 Å². The van der Waals surface area contributed by atoms with Crippen LogP contribution >= 0.6 is 11.6 Å². The van der Waals surface area contributed by atoms with Crippen molar-refractivity contribution in [1.82, 2.24) is 0 Å². The van der Waals surface area contributed by atoms with Crippen molar-refractivity contribution in [1.29, 1.82) is 0 Å². The Hall–Kier alpha value is -1.55. The average Bonchev–Trinajstić information content (AvgIpc) is 2.56. The van der Waals surface area contributed by atoms with Crippen LogP contribution in [0.25, 0.3) is 0 Å². The number of primary amides is 1. The molecule has 0 spiro atoms. The molecule has 0 aromatic heterocycles. The van der Waals surface area contributed by atoms with Crippen LogP contribution in [0.5, 0.6) is 0 Å². The maximum absolute atomic E-state index is 11.9. The fourth-order valence-corrected chi connectivity index (χ4v) is 2.31. The summed E-state index contributed by atoms with van der Waals surface area (Å²) in [6.07, 6.45) is 0.180. The zero-order chi connectivity index (χ0) is 12.6. The minimum Gasteiger partial charge on any atom is -0.369 e. The smallest absolute Gasteiger partial charge is 0.228 e. The summed E-state index contributed by atoms with van der Waals surface area (Å²) in [5, 5.41) is 0.611. The number of amides is 2. The second kappa shape index (κ2) is 4.37. The number of hydrogen-bond acceptors (Lipinski definition) is 2. The van der Waals surface area contributed by atoms with Crippen molar-refractivity contribution in [3.63, 3.8) is 0 Å². The Bertz CT molecular complexity index is 458. The molecule has 2 unspecified atom stereocenters. The van der Waals surface area contributed by atoms with Crippen LogP contribution in [0.15, 0.2) is 24.3 Å². The Balaban J connectivity index is 2.30. The lowest BCUT2D eigenvalue weighted by molar-refractivity contribution is -0.124. The van der Waals surface area contributed by atoms with E-state index < -0.39 is 11.8 Å². The lowest BCUT2D eigenvalue weighted by Crippen LogP contribution is -2.36. The van der Waals surface area contributed by atoms with Gasteiger partial charge >= 0.3 is 0 Å². The fraction of sp³-hybridized carbons (Fsp3) is 0.333. The predicted molar refractivity (Wildman–Crippen MR) is 65.7 cm³/mol. The predicted octanol–water partition coefficient (Wildman–Crippen LogP) is 1.57. The molecule has 0 bridgehead atoms. The second-order valence-corrected chi connectivity index (χ2v) is 4.63.